The molecule has 5 heteroatoms. The van der Waals surface area contributed by atoms with E-state index in [1.165, 1.54) is 4.90 Å². The van der Waals surface area contributed by atoms with E-state index in [0.717, 1.165) is 44.9 Å². The lowest BCUT2D eigenvalue weighted by molar-refractivity contribution is -0.150. The number of unbranched alkanes of at least 4 members (excludes halogenated alkanes) is 1. The lowest BCUT2D eigenvalue weighted by Crippen LogP contribution is -2.61. The van der Waals surface area contributed by atoms with Gasteiger partial charge < -0.3 is 15.3 Å². The Morgan fingerprint density at radius 1 is 1.24 bits per heavy atom. The van der Waals surface area contributed by atoms with Crippen LogP contribution in [-0.2, 0) is 4.79 Å². The van der Waals surface area contributed by atoms with E-state index in [-0.39, 0.29) is 12.1 Å². The summed E-state index contributed by atoms with van der Waals surface area (Å²) in [5.41, 5.74) is -1.07. The highest BCUT2D eigenvalue weighted by atomic mass is 16.4. The van der Waals surface area contributed by atoms with E-state index in [0.29, 0.717) is 13.0 Å². The Labute approximate surface area is 128 Å². The van der Waals surface area contributed by atoms with Gasteiger partial charge in [0, 0.05) is 12.6 Å². The number of piperidine rings is 1. The second-order valence-corrected chi connectivity index (χ2v) is 6.27. The van der Waals surface area contributed by atoms with Crippen LogP contribution >= 0.6 is 0 Å². The second-order valence-electron chi connectivity index (χ2n) is 6.27. The molecule has 5 nitrogen and oxygen atoms in total. The molecule has 0 bridgehead atoms. The fourth-order valence-corrected chi connectivity index (χ4v) is 3.01. The molecule has 122 valence electrons. The Hall–Kier alpha value is -1.26. The number of carbonyl (C=O) groups is 2. The van der Waals surface area contributed by atoms with E-state index < -0.39 is 11.5 Å². The molecule has 2 atom stereocenters. The molecule has 1 saturated heterocycles. The molecule has 0 radical (unpaired) electrons. The molecule has 0 saturated carbocycles. The maximum Gasteiger partial charge on any atom is 0.329 e. The fourth-order valence-electron chi connectivity index (χ4n) is 3.01. The predicted octanol–water partition coefficient (Wildman–Crippen LogP) is 3.38. The van der Waals surface area contributed by atoms with Gasteiger partial charge in [-0.15, -0.1) is 0 Å². The van der Waals surface area contributed by atoms with Crippen LogP contribution in [0.2, 0.25) is 0 Å². The number of carboxylic acids is 1. The summed E-state index contributed by atoms with van der Waals surface area (Å²) in [5.74, 6) is -0.905. The Kier molecular flexibility index (Phi) is 6.99. The largest absolute Gasteiger partial charge is 0.480 e. The van der Waals surface area contributed by atoms with E-state index in [2.05, 4.69) is 19.2 Å². The van der Waals surface area contributed by atoms with Crippen LogP contribution in [-0.4, -0.2) is 40.1 Å². The Morgan fingerprint density at radius 2 is 1.95 bits per heavy atom. The molecule has 1 heterocycles. The maximum absolute atomic E-state index is 12.5. The summed E-state index contributed by atoms with van der Waals surface area (Å²) in [6, 6.07) is -0.0587. The summed E-state index contributed by atoms with van der Waals surface area (Å²) < 4.78 is 0. The lowest BCUT2D eigenvalue weighted by Gasteiger charge is -2.42. The molecule has 0 aromatic carbocycles. The summed E-state index contributed by atoms with van der Waals surface area (Å²) in [6.07, 6.45) is 7.39. The highest BCUT2D eigenvalue weighted by Crippen LogP contribution is 2.28. The number of carbonyl (C=O) groups excluding carboxylic acids is 1. The van der Waals surface area contributed by atoms with Crippen LogP contribution in [0, 0.1) is 0 Å². The van der Waals surface area contributed by atoms with Crippen molar-refractivity contribution in [2.75, 3.05) is 6.54 Å². The number of nitrogens with one attached hydrogen (secondary N) is 1. The highest BCUT2D eigenvalue weighted by Gasteiger charge is 2.44. The zero-order valence-electron chi connectivity index (χ0n) is 13.7. The molecular weight excluding hydrogens is 268 g/mol. The third-order valence-electron chi connectivity index (χ3n) is 4.47. The van der Waals surface area contributed by atoms with Crippen LogP contribution in [0.3, 0.4) is 0 Å². The van der Waals surface area contributed by atoms with Gasteiger partial charge >= 0.3 is 12.0 Å². The average molecular weight is 298 g/mol. The van der Waals surface area contributed by atoms with Gasteiger partial charge in [0.05, 0.1) is 0 Å². The number of likely N-dealkylation sites (tertiary alicyclic amines) is 1. The molecule has 0 aromatic heterocycles. The normalized spacial score (nSPS) is 23.7. The topological polar surface area (TPSA) is 69.6 Å². The van der Waals surface area contributed by atoms with E-state index in [1.54, 1.807) is 6.92 Å². The fraction of sp³-hybridized carbons (Fsp3) is 0.875. The van der Waals surface area contributed by atoms with Crippen molar-refractivity contribution >= 4 is 12.0 Å². The van der Waals surface area contributed by atoms with Crippen molar-refractivity contribution in [1.82, 2.24) is 10.2 Å². The summed E-state index contributed by atoms with van der Waals surface area (Å²) in [7, 11) is 0. The van der Waals surface area contributed by atoms with Crippen molar-refractivity contribution in [2.45, 2.75) is 83.7 Å². The van der Waals surface area contributed by atoms with Gasteiger partial charge in [-0.25, -0.2) is 9.59 Å². The number of carboxylic acid groups (broad SMARTS) is 1. The monoisotopic (exact) mass is 298 g/mol. The minimum atomic E-state index is -1.07. The van der Waals surface area contributed by atoms with Crippen LogP contribution in [0.1, 0.15) is 72.1 Å². The van der Waals surface area contributed by atoms with Crippen molar-refractivity contribution in [3.8, 4) is 0 Å². The smallest absolute Gasteiger partial charge is 0.329 e. The molecule has 0 aliphatic carbocycles. The van der Waals surface area contributed by atoms with Gasteiger partial charge in [0.1, 0.15) is 5.54 Å². The predicted molar refractivity (Wildman–Crippen MR) is 83.4 cm³/mol. The number of aliphatic carboxylic acids is 1. The number of amides is 2. The quantitative estimate of drug-likeness (QED) is 0.757. The molecular formula is C16H30N2O3. The molecule has 2 unspecified atom stereocenters. The maximum atomic E-state index is 12.5. The minimum Gasteiger partial charge on any atom is -0.480 e. The summed E-state index contributed by atoms with van der Waals surface area (Å²) in [4.78, 5) is 25.6. The molecule has 1 rings (SSSR count). The van der Waals surface area contributed by atoms with Crippen molar-refractivity contribution in [3.63, 3.8) is 0 Å². The molecule has 0 spiro atoms. The molecule has 1 fully saturated rings. The first-order valence-electron chi connectivity index (χ1n) is 8.27. The number of nitrogens with zero attached hydrogens (tertiary/aromatic N) is 1. The van der Waals surface area contributed by atoms with Gasteiger partial charge in [0.2, 0.25) is 0 Å². The number of hydrogen-bond acceptors (Lipinski definition) is 2. The first kappa shape index (κ1) is 17.8. The molecule has 0 aromatic rings. The number of rotatable bonds is 7. The summed E-state index contributed by atoms with van der Waals surface area (Å²) in [5, 5.41) is 12.5. The molecule has 2 N–H and O–H groups in total. The van der Waals surface area contributed by atoms with Crippen LogP contribution in [0.15, 0.2) is 0 Å². The van der Waals surface area contributed by atoms with Gasteiger partial charge in [-0.3, -0.25) is 0 Å². The third-order valence-corrected chi connectivity index (χ3v) is 4.47. The van der Waals surface area contributed by atoms with Crippen molar-refractivity contribution in [1.29, 1.82) is 0 Å². The first-order valence-corrected chi connectivity index (χ1v) is 8.27. The summed E-state index contributed by atoms with van der Waals surface area (Å²) >= 11 is 0. The van der Waals surface area contributed by atoms with Gasteiger partial charge in [0.25, 0.3) is 0 Å². The Bertz CT molecular complexity index is 359. The minimum absolute atomic E-state index is 0.155. The van der Waals surface area contributed by atoms with E-state index in [1.807, 2.05) is 0 Å². The second kappa shape index (κ2) is 8.25. The zero-order valence-corrected chi connectivity index (χ0v) is 13.7. The van der Waals surface area contributed by atoms with Crippen LogP contribution in [0.4, 0.5) is 4.79 Å². The van der Waals surface area contributed by atoms with Crippen LogP contribution < -0.4 is 5.32 Å². The Balaban J connectivity index is 2.72. The molecule has 1 aliphatic rings. The van der Waals surface area contributed by atoms with Gasteiger partial charge in [-0.2, -0.15) is 0 Å². The molecule has 21 heavy (non-hydrogen) atoms. The SMILES string of the molecule is CCCCC(CCC)NC(=O)N1CCCCC1(C)C(=O)O. The van der Waals surface area contributed by atoms with Crippen molar-refractivity contribution < 1.29 is 14.7 Å². The molecule has 2 amide bonds. The zero-order chi connectivity index (χ0) is 15.9. The van der Waals surface area contributed by atoms with Gasteiger partial charge in [0.15, 0.2) is 0 Å². The summed E-state index contributed by atoms with van der Waals surface area (Å²) in [6.45, 7) is 6.43. The first-order chi connectivity index (χ1) is 9.95. The number of urea groups is 1. The average Bonchev–Trinajstić information content (AvgIpc) is 2.45. The number of hydrogen-bond donors (Lipinski definition) is 2. The standard InChI is InChI=1S/C16H30N2O3/c1-4-6-10-13(9-5-2)17-15(21)18-12-8-7-11-16(18,3)14(19)20/h13H,4-12H2,1-3H3,(H,17,21)(H,19,20). The highest BCUT2D eigenvalue weighted by molar-refractivity contribution is 5.86. The van der Waals surface area contributed by atoms with E-state index in [9.17, 15) is 14.7 Å². The van der Waals surface area contributed by atoms with Crippen molar-refractivity contribution in [2.24, 2.45) is 0 Å². The van der Waals surface area contributed by atoms with Gasteiger partial charge in [-0.05, 0) is 39.0 Å². The lowest BCUT2D eigenvalue weighted by atomic mass is 9.89. The van der Waals surface area contributed by atoms with Crippen LogP contribution in [0.5, 0.6) is 0 Å². The van der Waals surface area contributed by atoms with E-state index in [4.69, 9.17) is 0 Å². The third kappa shape index (κ3) is 4.61. The van der Waals surface area contributed by atoms with E-state index >= 15 is 0 Å². The molecule has 1 aliphatic heterocycles. The van der Waals surface area contributed by atoms with Gasteiger partial charge in [-0.1, -0.05) is 33.1 Å². The van der Waals surface area contributed by atoms with Crippen molar-refractivity contribution in [3.05, 3.63) is 0 Å². The van der Waals surface area contributed by atoms with Crippen LogP contribution in [0.25, 0.3) is 0 Å². The Morgan fingerprint density at radius 3 is 2.52 bits per heavy atom.